The average Bonchev–Trinajstić information content (AvgIpc) is 3.08. The SMILES string of the molecule is CC1CCN(C(=O)C23CC(COc4cnc(C#N)cn4)(C2)C3)C1c1ccccc1. The number of amides is 1. The molecule has 1 aromatic carbocycles. The van der Waals surface area contributed by atoms with Crippen LogP contribution in [0.5, 0.6) is 5.88 Å². The van der Waals surface area contributed by atoms with Crippen LogP contribution in [0.2, 0.25) is 0 Å². The molecule has 3 aliphatic carbocycles. The Morgan fingerprint density at radius 3 is 2.66 bits per heavy atom. The molecule has 148 valence electrons. The first-order chi connectivity index (χ1) is 14.0. The predicted molar refractivity (Wildman–Crippen MR) is 106 cm³/mol. The van der Waals surface area contributed by atoms with E-state index in [4.69, 9.17) is 10.00 Å². The van der Waals surface area contributed by atoms with Gasteiger partial charge in [-0.1, -0.05) is 37.3 Å². The number of ether oxygens (including phenoxy) is 1. The Hall–Kier alpha value is -2.94. The summed E-state index contributed by atoms with van der Waals surface area (Å²) in [6.07, 6.45) is 6.66. The summed E-state index contributed by atoms with van der Waals surface area (Å²) in [6, 6.07) is 12.6. The molecule has 2 unspecified atom stereocenters. The van der Waals surface area contributed by atoms with Gasteiger partial charge in [0, 0.05) is 12.0 Å². The maximum atomic E-state index is 13.4. The smallest absolute Gasteiger partial charge is 0.232 e. The average molecular weight is 388 g/mol. The highest BCUT2D eigenvalue weighted by Gasteiger charge is 2.72. The van der Waals surface area contributed by atoms with Crippen LogP contribution in [0.3, 0.4) is 0 Å². The van der Waals surface area contributed by atoms with Crippen molar-refractivity contribution in [3.05, 3.63) is 54.0 Å². The van der Waals surface area contributed by atoms with Gasteiger partial charge in [0.2, 0.25) is 11.8 Å². The molecule has 1 aromatic heterocycles. The van der Waals surface area contributed by atoms with Gasteiger partial charge in [-0.25, -0.2) is 9.97 Å². The number of likely N-dealkylation sites (tertiary alicyclic amines) is 1. The van der Waals surface area contributed by atoms with E-state index >= 15 is 0 Å². The third kappa shape index (κ3) is 2.88. The molecule has 6 nitrogen and oxygen atoms in total. The van der Waals surface area contributed by atoms with Crippen molar-refractivity contribution in [3.8, 4) is 11.9 Å². The number of hydrogen-bond donors (Lipinski definition) is 0. The van der Waals surface area contributed by atoms with Crippen molar-refractivity contribution in [1.29, 1.82) is 5.26 Å². The molecule has 29 heavy (non-hydrogen) atoms. The van der Waals surface area contributed by atoms with Crippen molar-refractivity contribution in [2.75, 3.05) is 13.2 Å². The minimum atomic E-state index is -0.184. The molecule has 2 atom stereocenters. The van der Waals surface area contributed by atoms with E-state index < -0.39 is 0 Å². The molecule has 3 saturated carbocycles. The molecule has 2 bridgehead atoms. The van der Waals surface area contributed by atoms with Gasteiger partial charge >= 0.3 is 0 Å². The van der Waals surface area contributed by atoms with Crippen LogP contribution in [0.25, 0.3) is 0 Å². The summed E-state index contributed by atoms with van der Waals surface area (Å²) >= 11 is 0. The lowest BCUT2D eigenvalue weighted by Gasteiger charge is -2.69. The molecule has 2 heterocycles. The number of aromatic nitrogens is 2. The Kier molecular flexibility index (Phi) is 4.09. The number of rotatable bonds is 5. The molecular formula is C23H24N4O2. The van der Waals surface area contributed by atoms with E-state index in [1.54, 1.807) is 0 Å². The van der Waals surface area contributed by atoms with Crippen LogP contribution in [0.15, 0.2) is 42.7 Å². The van der Waals surface area contributed by atoms with E-state index in [2.05, 4.69) is 46.1 Å². The third-order valence-electron chi connectivity index (χ3n) is 6.96. The molecular weight excluding hydrogens is 364 g/mol. The van der Waals surface area contributed by atoms with Gasteiger partial charge in [-0.05, 0) is 37.2 Å². The van der Waals surface area contributed by atoms with Crippen LogP contribution in [0, 0.1) is 28.1 Å². The molecule has 1 amide bonds. The van der Waals surface area contributed by atoms with Crippen LogP contribution in [0.4, 0.5) is 0 Å². The zero-order valence-corrected chi connectivity index (χ0v) is 16.5. The molecule has 4 aliphatic rings. The summed E-state index contributed by atoms with van der Waals surface area (Å²) in [5, 5.41) is 8.79. The lowest BCUT2D eigenvalue weighted by Crippen LogP contribution is -2.69. The predicted octanol–water partition coefficient (Wildman–Crippen LogP) is 3.51. The van der Waals surface area contributed by atoms with Gasteiger partial charge in [0.15, 0.2) is 5.69 Å². The van der Waals surface area contributed by atoms with Crippen molar-refractivity contribution >= 4 is 5.91 Å². The first kappa shape index (κ1) is 18.1. The van der Waals surface area contributed by atoms with Crippen molar-refractivity contribution in [1.82, 2.24) is 14.9 Å². The topological polar surface area (TPSA) is 79.1 Å². The Morgan fingerprint density at radius 1 is 1.24 bits per heavy atom. The van der Waals surface area contributed by atoms with Gasteiger partial charge in [0.05, 0.1) is 30.5 Å². The van der Waals surface area contributed by atoms with Crippen LogP contribution in [-0.4, -0.2) is 33.9 Å². The second-order valence-electron chi connectivity index (χ2n) is 9.07. The van der Waals surface area contributed by atoms with Gasteiger partial charge in [-0.15, -0.1) is 0 Å². The van der Waals surface area contributed by atoms with Crippen molar-refractivity contribution in [2.24, 2.45) is 16.7 Å². The van der Waals surface area contributed by atoms with Gasteiger partial charge < -0.3 is 9.64 Å². The molecule has 6 heteroatoms. The summed E-state index contributed by atoms with van der Waals surface area (Å²) in [4.78, 5) is 23.7. The number of nitrogens with zero attached hydrogens (tertiary/aromatic N) is 4. The van der Waals surface area contributed by atoms with E-state index in [1.165, 1.54) is 18.0 Å². The number of carbonyl (C=O) groups is 1. The molecule has 0 spiro atoms. The zero-order valence-electron chi connectivity index (χ0n) is 16.5. The number of nitriles is 1. The molecule has 0 radical (unpaired) electrons. The third-order valence-corrected chi connectivity index (χ3v) is 6.96. The van der Waals surface area contributed by atoms with E-state index in [0.717, 1.165) is 32.2 Å². The Labute approximate surface area is 170 Å². The maximum absolute atomic E-state index is 13.4. The minimum absolute atomic E-state index is 0.0961. The van der Waals surface area contributed by atoms with Crippen molar-refractivity contribution in [3.63, 3.8) is 0 Å². The molecule has 2 aromatic rings. The monoisotopic (exact) mass is 388 g/mol. The molecule has 6 rings (SSSR count). The molecule has 0 N–H and O–H groups in total. The van der Waals surface area contributed by atoms with E-state index in [0.29, 0.717) is 24.3 Å². The first-order valence-corrected chi connectivity index (χ1v) is 10.3. The van der Waals surface area contributed by atoms with Crippen LogP contribution < -0.4 is 4.74 Å². The second-order valence-corrected chi connectivity index (χ2v) is 9.07. The van der Waals surface area contributed by atoms with Crippen LogP contribution >= 0.6 is 0 Å². The highest BCUT2D eigenvalue weighted by Crippen LogP contribution is 2.74. The highest BCUT2D eigenvalue weighted by atomic mass is 16.5. The molecule has 4 fully saturated rings. The van der Waals surface area contributed by atoms with E-state index in [9.17, 15) is 4.79 Å². The Balaban J connectivity index is 1.21. The largest absolute Gasteiger partial charge is 0.476 e. The number of carbonyl (C=O) groups excluding carboxylic acids is 1. The Morgan fingerprint density at radius 2 is 2.00 bits per heavy atom. The summed E-state index contributed by atoms with van der Waals surface area (Å²) in [7, 11) is 0. The van der Waals surface area contributed by atoms with Gasteiger partial charge in [-0.3, -0.25) is 4.79 Å². The lowest BCUT2D eigenvalue weighted by atomic mass is 9.35. The van der Waals surface area contributed by atoms with Crippen LogP contribution in [0.1, 0.15) is 49.9 Å². The van der Waals surface area contributed by atoms with E-state index in [1.807, 2.05) is 12.1 Å². The fourth-order valence-corrected chi connectivity index (χ4v) is 5.69. The fraction of sp³-hybridized carbons (Fsp3) is 0.478. The summed E-state index contributed by atoms with van der Waals surface area (Å²) in [5.74, 6) is 1.25. The standard InChI is InChI=1S/C23H24N4O2/c1-16-7-8-27(20(16)17-5-3-2-4-6-17)21(28)23-12-22(13-23,14-23)15-29-19-11-25-18(9-24)10-26-19/h2-6,10-11,16,20H,7-8,12-15H2,1H3. The summed E-state index contributed by atoms with van der Waals surface area (Å²) in [5.41, 5.74) is 1.44. The normalized spacial score (nSPS) is 32.1. The fourth-order valence-electron chi connectivity index (χ4n) is 5.69. The van der Waals surface area contributed by atoms with Crippen molar-refractivity contribution < 1.29 is 9.53 Å². The van der Waals surface area contributed by atoms with Gasteiger partial charge in [-0.2, -0.15) is 5.26 Å². The molecule has 1 aliphatic heterocycles. The summed E-state index contributed by atoms with van der Waals surface area (Å²) < 4.78 is 5.80. The number of hydrogen-bond acceptors (Lipinski definition) is 5. The number of benzene rings is 1. The van der Waals surface area contributed by atoms with Crippen LogP contribution in [-0.2, 0) is 4.79 Å². The lowest BCUT2D eigenvalue weighted by molar-refractivity contribution is -0.226. The first-order valence-electron chi connectivity index (χ1n) is 10.3. The minimum Gasteiger partial charge on any atom is -0.476 e. The van der Waals surface area contributed by atoms with Gasteiger partial charge in [0.1, 0.15) is 6.07 Å². The highest BCUT2D eigenvalue weighted by molar-refractivity contribution is 5.87. The second kappa shape index (κ2) is 6.55. The maximum Gasteiger partial charge on any atom is 0.232 e. The zero-order chi connectivity index (χ0) is 20.1. The Bertz CT molecular complexity index is 947. The van der Waals surface area contributed by atoms with Crippen molar-refractivity contribution in [2.45, 2.75) is 38.6 Å². The quantitative estimate of drug-likeness (QED) is 0.783. The summed E-state index contributed by atoms with van der Waals surface area (Å²) in [6.45, 7) is 3.66. The molecule has 1 saturated heterocycles. The van der Waals surface area contributed by atoms with E-state index in [-0.39, 0.29) is 22.6 Å². The van der Waals surface area contributed by atoms with Gasteiger partial charge in [0.25, 0.3) is 0 Å².